The Balaban J connectivity index is 2.22. The summed E-state index contributed by atoms with van der Waals surface area (Å²) in [4.78, 5) is 2.72. The Morgan fingerprint density at radius 3 is 2.73 bits per heavy atom. The van der Waals surface area contributed by atoms with Crippen molar-refractivity contribution in [3.63, 3.8) is 0 Å². The van der Waals surface area contributed by atoms with E-state index >= 15 is 0 Å². The predicted octanol–water partition coefficient (Wildman–Crippen LogP) is 4.05. The van der Waals surface area contributed by atoms with Crippen molar-refractivity contribution in [3.8, 4) is 0 Å². The second kappa shape index (κ2) is 8.41. The standard InChI is InChI=1S/C13H26ClN/c1-2-13-9-5-3-7-11-15(13)12-8-4-6-10-14/h13H,2-12H2,1H3. The first kappa shape index (κ1) is 13.3. The zero-order valence-electron chi connectivity index (χ0n) is 10.2. The van der Waals surface area contributed by atoms with Gasteiger partial charge in [-0.2, -0.15) is 0 Å². The first-order chi connectivity index (χ1) is 7.38. The Kier molecular flexibility index (Phi) is 7.46. The molecule has 0 saturated carbocycles. The quantitative estimate of drug-likeness (QED) is 0.493. The summed E-state index contributed by atoms with van der Waals surface area (Å²) < 4.78 is 0. The van der Waals surface area contributed by atoms with Crippen LogP contribution in [-0.4, -0.2) is 29.9 Å². The summed E-state index contributed by atoms with van der Waals surface area (Å²) in [5.74, 6) is 0.831. The third-order valence-electron chi connectivity index (χ3n) is 3.55. The maximum Gasteiger partial charge on any atom is 0.0223 e. The van der Waals surface area contributed by atoms with E-state index in [-0.39, 0.29) is 0 Å². The van der Waals surface area contributed by atoms with E-state index in [9.17, 15) is 0 Å². The molecule has 0 aromatic heterocycles. The van der Waals surface area contributed by atoms with Crippen molar-refractivity contribution in [2.24, 2.45) is 0 Å². The first-order valence-electron chi connectivity index (χ1n) is 6.68. The Morgan fingerprint density at radius 2 is 2.00 bits per heavy atom. The highest BCUT2D eigenvalue weighted by Crippen LogP contribution is 2.19. The van der Waals surface area contributed by atoms with Crippen molar-refractivity contribution in [3.05, 3.63) is 0 Å². The normalized spacial score (nSPS) is 24.0. The van der Waals surface area contributed by atoms with E-state index in [1.807, 2.05) is 0 Å². The third-order valence-corrected chi connectivity index (χ3v) is 3.82. The van der Waals surface area contributed by atoms with Crippen LogP contribution in [0.4, 0.5) is 0 Å². The van der Waals surface area contributed by atoms with E-state index in [0.29, 0.717) is 0 Å². The molecule has 2 heteroatoms. The van der Waals surface area contributed by atoms with E-state index < -0.39 is 0 Å². The highest BCUT2D eigenvalue weighted by atomic mass is 35.5. The molecule has 0 aromatic rings. The van der Waals surface area contributed by atoms with Crippen LogP contribution in [0.1, 0.15) is 58.3 Å². The minimum atomic E-state index is 0.831. The number of nitrogens with zero attached hydrogens (tertiary/aromatic N) is 1. The number of rotatable bonds is 6. The van der Waals surface area contributed by atoms with Crippen LogP contribution in [-0.2, 0) is 0 Å². The SMILES string of the molecule is CCC1CCCCCN1CCCCCCl. The molecule has 1 rings (SSSR count). The lowest BCUT2D eigenvalue weighted by Crippen LogP contribution is -2.35. The van der Waals surface area contributed by atoms with Crippen molar-refractivity contribution >= 4 is 11.6 Å². The van der Waals surface area contributed by atoms with Gasteiger partial charge < -0.3 is 4.90 Å². The molecule has 0 N–H and O–H groups in total. The van der Waals surface area contributed by atoms with Crippen molar-refractivity contribution in [1.29, 1.82) is 0 Å². The van der Waals surface area contributed by atoms with Gasteiger partial charge in [0.05, 0.1) is 0 Å². The number of likely N-dealkylation sites (tertiary alicyclic amines) is 1. The topological polar surface area (TPSA) is 3.24 Å². The van der Waals surface area contributed by atoms with Gasteiger partial charge in [-0.05, 0) is 45.2 Å². The van der Waals surface area contributed by atoms with E-state index in [0.717, 1.165) is 11.9 Å². The van der Waals surface area contributed by atoms with Gasteiger partial charge in [0, 0.05) is 11.9 Å². The van der Waals surface area contributed by atoms with E-state index in [2.05, 4.69) is 11.8 Å². The zero-order valence-corrected chi connectivity index (χ0v) is 10.9. The van der Waals surface area contributed by atoms with Crippen molar-refractivity contribution in [2.75, 3.05) is 19.0 Å². The predicted molar refractivity (Wildman–Crippen MR) is 68.7 cm³/mol. The van der Waals surface area contributed by atoms with Gasteiger partial charge >= 0.3 is 0 Å². The van der Waals surface area contributed by atoms with Crippen molar-refractivity contribution in [1.82, 2.24) is 4.90 Å². The average Bonchev–Trinajstić information content (AvgIpc) is 2.49. The molecule has 1 unspecified atom stereocenters. The molecule has 1 saturated heterocycles. The molecule has 1 heterocycles. The maximum absolute atomic E-state index is 5.69. The summed E-state index contributed by atoms with van der Waals surface area (Å²) in [5.41, 5.74) is 0. The number of unbranched alkanes of at least 4 members (excludes halogenated alkanes) is 2. The molecule has 1 aliphatic heterocycles. The minimum Gasteiger partial charge on any atom is -0.300 e. The van der Waals surface area contributed by atoms with Crippen molar-refractivity contribution < 1.29 is 0 Å². The number of hydrogen-bond donors (Lipinski definition) is 0. The molecular formula is C13H26ClN. The van der Waals surface area contributed by atoms with Gasteiger partial charge in [0.2, 0.25) is 0 Å². The third kappa shape index (κ3) is 5.21. The van der Waals surface area contributed by atoms with Crippen LogP contribution in [0.2, 0.25) is 0 Å². The molecule has 1 fully saturated rings. The summed E-state index contributed by atoms with van der Waals surface area (Å²) >= 11 is 5.69. The van der Waals surface area contributed by atoms with Crippen LogP contribution in [0.25, 0.3) is 0 Å². The fourth-order valence-electron chi connectivity index (χ4n) is 2.58. The van der Waals surface area contributed by atoms with Crippen LogP contribution in [0.15, 0.2) is 0 Å². The monoisotopic (exact) mass is 231 g/mol. The molecule has 0 aliphatic carbocycles. The molecule has 1 nitrogen and oxygen atoms in total. The average molecular weight is 232 g/mol. The lowest BCUT2D eigenvalue weighted by molar-refractivity contribution is 0.191. The molecule has 15 heavy (non-hydrogen) atoms. The molecule has 1 aliphatic rings. The lowest BCUT2D eigenvalue weighted by Gasteiger charge is -2.29. The second-order valence-electron chi connectivity index (χ2n) is 4.70. The van der Waals surface area contributed by atoms with Gasteiger partial charge in [0.1, 0.15) is 0 Å². The Bertz CT molecular complexity index is 149. The van der Waals surface area contributed by atoms with Crippen LogP contribution >= 0.6 is 11.6 Å². The maximum atomic E-state index is 5.69. The fraction of sp³-hybridized carbons (Fsp3) is 1.00. The molecule has 0 amide bonds. The van der Waals surface area contributed by atoms with Gasteiger partial charge in [-0.1, -0.05) is 26.2 Å². The van der Waals surface area contributed by atoms with Gasteiger partial charge in [0.15, 0.2) is 0 Å². The Labute approximate surface area is 100 Å². The highest BCUT2D eigenvalue weighted by molar-refractivity contribution is 6.17. The first-order valence-corrected chi connectivity index (χ1v) is 7.22. The Hall–Kier alpha value is 0.250. The van der Waals surface area contributed by atoms with Crippen LogP contribution < -0.4 is 0 Å². The molecule has 90 valence electrons. The van der Waals surface area contributed by atoms with Crippen molar-refractivity contribution in [2.45, 2.75) is 64.3 Å². The molecule has 0 radical (unpaired) electrons. The smallest absolute Gasteiger partial charge is 0.0223 e. The van der Waals surface area contributed by atoms with E-state index in [1.54, 1.807) is 0 Å². The summed E-state index contributed by atoms with van der Waals surface area (Å²) in [5, 5.41) is 0. The summed E-state index contributed by atoms with van der Waals surface area (Å²) in [6.45, 7) is 4.97. The number of halogens is 1. The molecule has 0 aromatic carbocycles. The highest BCUT2D eigenvalue weighted by Gasteiger charge is 2.18. The van der Waals surface area contributed by atoms with E-state index in [1.165, 1.54) is 64.5 Å². The molecule has 0 bridgehead atoms. The van der Waals surface area contributed by atoms with Crippen LogP contribution in [0.3, 0.4) is 0 Å². The molecule has 1 atom stereocenters. The summed E-state index contributed by atoms with van der Waals surface area (Å²) in [7, 11) is 0. The number of alkyl halides is 1. The van der Waals surface area contributed by atoms with Gasteiger partial charge in [0.25, 0.3) is 0 Å². The minimum absolute atomic E-state index is 0.831. The number of hydrogen-bond acceptors (Lipinski definition) is 1. The Morgan fingerprint density at radius 1 is 1.13 bits per heavy atom. The molecular weight excluding hydrogens is 206 g/mol. The second-order valence-corrected chi connectivity index (χ2v) is 5.07. The van der Waals surface area contributed by atoms with E-state index in [4.69, 9.17) is 11.6 Å². The lowest BCUT2D eigenvalue weighted by atomic mass is 10.1. The van der Waals surface area contributed by atoms with Gasteiger partial charge in [-0.15, -0.1) is 11.6 Å². The zero-order chi connectivity index (χ0) is 10.9. The largest absolute Gasteiger partial charge is 0.300 e. The summed E-state index contributed by atoms with van der Waals surface area (Å²) in [6, 6.07) is 0.864. The van der Waals surface area contributed by atoms with Gasteiger partial charge in [-0.3, -0.25) is 0 Å². The van der Waals surface area contributed by atoms with Crippen LogP contribution in [0.5, 0.6) is 0 Å². The van der Waals surface area contributed by atoms with Crippen LogP contribution in [0, 0.1) is 0 Å². The summed E-state index contributed by atoms with van der Waals surface area (Å²) in [6.07, 6.45) is 10.9. The fourth-order valence-corrected chi connectivity index (χ4v) is 2.77. The molecule has 0 spiro atoms. The van der Waals surface area contributed by atoms with Gasteiger partial charge in [-0.25, -0.2) is 0 Å².